The Morgan fingerprint density at radius 1 is 1.20 bits per heavy atom. The Morgan fingerprint density at radius 2 is 1.93 bits per heavy atom. The molecule has 12 heteroatoms. The molecule has 0 saturated carbocycles. The summed E-state index contributed by atoms with van der Waals surface area (Å²) in [5.41, 5.74) is 0.580. The molecule has 1 aromatic heterocycles. The number of thiazole rings is 1. The topological polar surface area (TPSA) is 92.8 Å². The molecule has 1 saturated heterocycles. The average molecular weight is 612 g/mol. The van der Waals surface area contributed by atoms with Crippen molar-refractivity contribution >= 4 is 62.0 Å². The zero-order chi connectivity index (χ0) is 29.0. The van der Waals surface area contributed by atoms with E-state index in [4.69, 9.17) is 32.7 Å². The highest BCUT2D eigenvalue weighted by Gasteiger charge is 2.27. The minimum atomic E-state index is -0.589. The molecule has 0 bridgehead atoms. The zero-order valence-corrected chi connectivity index (χ0v) is 25.2. The first kappa shape index (κ1) is 30.1. The summed E-state index contributed by atoms with van der Waals surface area (Å²) in [6.07, 6.45) is 1.72. The van der Waals surface area contributed by atoms with Gasteiger partial charge >= 0.3 is 12.1 Å². The lowest BCUT2D eigenvalue weighted by Crippen LogP contribution is -2.42. The number of nitrogens with zero attached hydrogens (tertiary/aromatic N) is 2. The molecule has 0 aliphatic carbocycles. The quantitative estimate of drug-likeness (QED) is 0.264. The van der Waals surface area contributed by atoms with Crippen molar-refractivity contribution in [2.45, 2.75) is 58.7 Å². The number of halogens is 3. The first-order valence-corrected chi connectivity index (χ1v) is 14.7. The molecule has 4 rings (SSSR count). The SMILES string of the molecule is CC(Oc1ccc2nc(NC(=O)NCCC3CCN(C(=O)OC(C)(C)C)CC3)sc2c1)c1c(Cl)ccc(F)c1Cl. The van der Waals surface area contributed by atoms with Crippen LogP contribution in [0.1, 0.15) is 58.6 Å². The van der Waals surface area contributed by atoms with E-state index in [-0.39, 0.29) is 17.1 Å². The van der Waals surface area contributed by atoms with Gasteiger partial charge in [0.1, 0.15) is 23.3 Å². The number of hydrogen-bond donors (Lipinski definition) is 2. The molecule has 0 spiro atoms. The van der Waals surface area contributed by atoms with Crippen LogP contribution in [0.25, 0.3) is 10.2 Å². The Hall–Kier alpha value is -2.82. The van der Waals surface area contributed by atoms with E-state index < -0.39 is 17.5 Å². The number of nitrogens with one attached hydrogen (secondary N) is 2. The molecule has 3 amide bonds. The van der Waals surface area contributed by atoms with E-state index in [1.54, 1.807) is 30.0 Å². The summed E-state index contributed by atoms with van der Waals surface area (Å²) in [7, 11) is 0. The number of amides is 3. The van der Waals surface area contributed by atoms with E-state index in [9.17, 15) is 14.0 Å². The van der Waals surface area contributed by atoms with Gasteiger partial charge in [-0.15, -0.1) is 0 Å². The van der Waals surface area contributed by atoms with Crippen LogP contribution in [0.2, 0.25) is 10.0 Å². The number of benzene rings is 2. The largest absolute Gasteiger partial charge is 0.486 e. The fraction of sp³-hybridized carbons (Fsp3) is 0.464. The Balaban J connectivity index is 1.24. The molecule has 1 aliphatic rings. The van der Waals surface area contributed by atoms with Crippen LogP contribution in [0, 0.1) is 11.7 Å². The van der Waals surface area contributed by atoms with Gasteiger partial charge in [0.05, 0.1) is 15.2 Å². The van der Waals surface area contributed by atoms with Crippen molar-refractivity contribution in [1.82, 2.24) is 15.2 Å². The maximum atomic E-state index is 13.9. The zero-order valence-electron chi connectivity index (χ0n) is 22.9. The van der Waals surface area contributed by atoms with Crippen LogP contribution in [0.15, 0.2) is 30.3 Å². The third kappa shape index (κ3) is 7.89. The molecule has 1 aliphatic heterocycles. The monoisotopic (exact) mass is 610 g/mol. The lowest BCUT2D eigenvalue weighted by molar-refractivity contribution is 0.0182. The Bertz CT molecular complexity index is 1370. The first-order valence-electron chi connectivity index (χ1n) is 13.1. The number of likely N-dealkylation sites (tertiary alicyclic amines) is 1. The number of fused-ring (bicyclic) bond motifs is 1. The van der Waals surface area contributed by atoms with Gasteiger partial charge in [-0.25, -0.2) is 19.0 Å². The van der Waals surface area contributed by atoms with E-state index in [2.05, 4.69) is 15.6 Å². The Labute approximate surface area is 247 Å². The standard InChI is InChI=1S/C28H33Cl2FN4O4S/c1-16(23-19(29)6-7-20(31)24(23)30)38-18-5-8-21-22(15-18)40-26(33-21)34-25(36)32-12-9-17-10-13-35(14-11-17)27(37)39-28(2,3)4/h5-8,15-17H,9-14H2,1-4H3,(H2,32,33,34,36). The molecule has 1 atom stereocenters. The number of hydrogen-bond acceptors (Lipinski definition) is 6. The molecule has 1 fully saturated rings. The normalized spacial score (nSPS) is 15.1. The highest BCUT2D eigenvalue weighted by molar-refractivity contribution is 7.22. The number of anilines is 1. The predicted octanol–water partition coefficient (Wildman–Crippen LogP) is 8.04. The molecule has 8 nitrogen and oxygen atoms in total. The number of carbonyl (C=O) groups is 2. The molecule has 216 valence electrons. The predicted molar refractivity (Wildman–Crippen MR) is 157 cm³/mol. The maximum absolute atomic E-state index is 13.9. The summed E-state index contributed by atoms with van der Waals surface area (Å²) in [4.78, 5) is 30.9. The number of piperidine rings is 1. The van der Waals surface area contributed by atoms with Crippen molar-refractivity contribution in [1.29, 1.82) is 0 Å². The summed E-state index contributed by atoms with van der Waals surface area (Å²) in [6, 6.07) is 7.67. The number of carbonyl (C=O) groups excluding carboxylic acids is 2. The highest BCUT2D eigenvalue weighted by atomic mass is 35.5. The third-order valence-corrected chi connectivity index (χ3v) is 8.13. The van der Waals surface area contributed by atoms with Crippen LogP contribution in [-0.4, -0.2) is 47.2 Å². The molecule has 0 radical (unpaired) electrons. The van der Waals surface area contributed by atoms with Gasteiger partial charge in [0.2, 0.25) is 0 Å². The van der Waals surface area contributed by atoms with Gasteiger partial charge in [0.25, 0.3) is 0 Å². The summed E-state index contributed by atoms with van der Waals surface area (Å²) in [5, 5.41) is 6.39. The molecule has 40 heavy (non-hydrogen) atoms. The number of ether oxygens (including phenoxy) is 2. The Morgan fingerprint density at radius 3 is 2.62 bits per heavy atom. The fourth-order valence-corrected chi connectivity index (χ4v) is 6.04. The van der Waals surface area contributed by atoms with Crippen LogP contribution in [0.5, 0.6) is 5.75 Å². The van der Waals surface area contributed by atoms with Gasteiger partial charge in [0, 0.05) is 30.2 Å². The summed E-state index contributed by atoms with van der Waals surface area (Å²) in [5.74, 6) is 0.403. The van der Waals surface area contributed by atoms with Crippen LogP contribution in [0.4, 0.5) is 19.1 Å². The molecule has 2 aromatic carbocycles. The van der Waals surface area contributed by atoms with Gasteiger partial charge in [-0.1, -0.05) is 34.5 Å². The summed E-state index contributed by atoms with van der Waals surface area (Å²) in [6.45, 7) is 9.16. The van der Waals surface area contributed by atoms with Crippen molar-refractivity contribution in [3.8, 4) is 5.75 Å². The van der Waals surface area contributed by atoms with Crippen LogP contribution < -0.4 is 15.4 Å². The van der Waals surface area contributed by atoms with E-state index in [1.807, 2.05) is 20.8 Å². The number of rotatable bonds is 7. The highest BCUT2D eigenvalue weighted by Crippen LogP contribution is 2.36. The van der Waals surface area contributed by atoms with E-state index in [0.29, 0.717) is 52.5 Å². The second kappa shape index (κ2) is 12.8. The van der Waals surface area contributed by atoms with E-state index >= 15 is 0 Å². The van der Waals surface area contributed by atoms with Crippen molar-refractivity contribution in [3.63, 3.8) is 0 Å². The molecule has 2 heterocycles. The molecular weight excluding hydrogens is 578 g/mol. The smallest absolute Gasteiger partial charge is 0.410 e. The minimum absolute atomic E-state index is 0.0670. The molecule has 2 N–H and O–H groups in total. The van der Waals surface area contributed by atoms with Crippen molar-refractivity contribution < 1.29 is 23.5 Å². The molecular formula is C28H33Cl2FN4O4S. The van der Waals surface area contributed by atoms with Crippen LogP contribution in [-0.2, 0) is 4.74 Å². The van der Waals surface area contributed by atoms with Crippen molar-refractivity contribution in [3.05, 3.63) is 51.8 Å². The lowest BCUT2D eigenvalue weighted by Gasteiger charge is -2.33. The van der Waals surface area contributed by atoms with Gasteiger partial charge in [-0.2, -0.15) is 0 Å². The molecule has 3 aromatic rings. The summed E-state index contributed by atoms with van der Waals surface area (Å²) >= 11 is 13.6. The van der Waals surface area contributed by atoms with Crippen LogP contribution >= 0.6 is 34.5 Å². The average Bonchev–Trinajstić information content (AvgIpc) is 3.27. The van der Waals surface area contributed by atoms with Crippen LogP contribution in [0.3, 0.4) is 0 Å². The maximum Gasteiger partial charge on any atom is 0.410 e. The fourth-order valence-electron chi connectivity index (χ4n) is 4.47. The van der Waals surface area contributed by atoms with Gasteiger partial charge in [-0.05, 0) is 83.2 Å². The summed E-state index contributed by atoms with van der Waals surface area (Å²) < 4.78 is 26.2. The van der Waals surface area contributed by atoms with Gasteiger partial charge in [0.15, 0.2) is 5.13 Å². The number of urea groups is 1. The Kier molecular flexibility index (Phi) is 9.64. The second-order valence-electron chi connectivity index (χ2n) is 10.7. The lowest BCUT2D eigenvalue weighted by atomic mass is 9.94. The van der Waals surface area contributed by atoms with Gasteiger partial charge in [-0.3, -0.25) is 5.32 Å². The first-order chi connectivity index (χ1) is 18.9. The third-order valence-electron chi connectivity index (χ3n) is 6.48. The minimum Gasteiger partial charge on any atom is -0.486 e. The van der Waals surface area contributed by atoms with Crippen molar-refractivity contribution in [2.75, 3.05) is 25.0 Å². The van der Waals surface area contributed by atoms with Gasteiger partial charge < -0.3 is 19.7 Å². The number of aromatic nitrogens is 1. The van der Waals surface area contributed by atoms with E-state index in [1.165, 1.54) is 23.5 Å². The molecule has 1 unspecified atom stereocenters. The van der Waals surface area contributed by atoms with Crippen molar-refractivity contribution in [2.24, 2.45) is 5.92 Å². The second-order valence-corrected chi connectivity index (χ2v) is 12.6. The van der Waals surface area contributed by atoms with E-state index in [0.717, 1.165) is 24.0 Å².